The van der Waals surface area contributed by atoms with Crippen molar-refractivity contribution < 1.29 is 4.74 Å². The molecule has 1 aliphatic heterocycles. The highest BCUT2D eigenvalue weighted by molar-refractivity contribution is 7.11. The van der Waals surface area contributed by atoms with Crippen molar-refractivity contribution in [3.63, 3.8) is 0 Å². The smallest absolute Gasteiger partial charge is 0.0947 e. The Hall–Kier alpha value is -0.490. The van der Waals surface area contributed by atoms with Gasteiger partial charge in [-0.3, -0.25) is 4.90 Å². The lowest BCUT2D eigenvalue weighted by molar-refractivity contribution is -0.0445. The van der Waals surface area contributed by atoms with Gasteiger partial charge in [0.2, 0.25) is 0 Å². The van der Waals surface area contributed by atoms with E-state index in [9.17, 15) is 0 Å². The zero-order valence-electron chi connectivity index (χ0n) is 13.1. The maximum Gasteiger partial charge on any atom is 0.0947 e. The molecule has 1 fully saturated rings. The Balaban J connectivity index is 2.02. The first-order chi connectivity index (χ1) is 9.63. The third-order valence-electron chi connectivity index (χ3n) is 4.01. The molecular formula is C15H27N3OS. The Kier molecular flexibility index (Phi) is 5.96. The van der Waals surface area contributed by atoms with Crippen molar-refractivity contribution in [2.24, 2.45) is 0 Å². The number of likely N-dealkylation sites (N-methyl/N-ethyl adjacent to an activating group) is 2. The largest absolute Gasteiger partial charge is 0.374 e. The van der Waals surface area contributed by atoms with Gasteiger partial charge < -0.3 is 10.1 Å². The molecule has 0 radical (unpaired) electrons. The van der Waals surface area contributed by atoms with Gasteiger partial charge in [-0.05, 0) is 26.9 Å². The van der Waals surface area contributed by atoms with Crippen LogP contribution in [-0.4, -0.2) is 54.8 Å². The summed E-state index contributed by atoms with van der Waals surface area (Å²) in [7, 11) is 0. The van der Waals surface area contributed by atoms with Crippen LogP contribution in [0.25, 0.3) is 0 Å². The van der Waals surface area contributed by atoms with Crippen LogP contribution in [0.4, 0.5) is 0 Å². The molecule has 1 N–H and O–H groups in total. The van der Waals surface area contributed by atoms with Crippen LogP contribution in [0.2, 0.25) is 0 Å². The molecule has 0 aromatic carbocycles. The maximum absolute atomic E-state index is 6.01. The van der Waals surface area contributed by atoms with Crippen LogP contribution in [0.5, 0.6) is 0 Å². The summed E-state index contributed by atoms with van der Waals surface area (Å²) in [5.41, 5.74) is 1.17. The number of nitrogens with zero attached hydrogens (tertiary/aromatic N) is 2. The number of morpholine rings is 1. The van der Waals surface area contributed by atoms with Gasteiger partial charge in [0.25, 0.3) is 0 Å². The number of ether oxygens (including phenoxy) is 1. The summed E-state index contributed by atoms with van der Waals surface area (Å²) in [6.45, 7) is 13.6. The number of nitrogens with one attached hydrogen (secondary N) is 1. The Morgan fingerprint density at radius 1 is 1.45 bits per heavy atom. The molecule has 4 nitrogen and oxygen atoms in total. The van der Waals surface area contributed by atoms with Gasteiger partial charge in [0, 0.05) is 30.4 Å². The number of rotatable bonds is 6. The summed E-state index contributed by atoms with van der Waals surface area (Å²) in [6.07, 6.45) is 1.24. The second-order valence-electron chi connectivity index (χ2n) is 5.42. The lowest BCUT2D eigenvalue weighted by Gasteiger charge is -2.36. The molecule has 2 rings (SSSR count). The fourth-order valence-electron chi connectivity index (χ4n) is 2.67. The van der Waals surface area contributed by atoms with Crippen molar-refractivity contribution in [1.29, 1.82) is 0 Å². The van der Waals surface area contributed by atoms with E-state index in [2.05, 4.69) is 42.9 Å². The number of hydrogen-bond acceptors (Lipinski definition) is 5. The van der Waals surface area contributed by atoms with E-state index in [1.807, 2.05) is 11.3 Å². The lowest BCUT2D eigenvalue weighted by Crippen LogP contribution is -2.53. The number of hydrogen-bond donors (Lipinski definition) is 1. The lowest BCUT2D eigenvalue weighted by atomic mass is 10.1. The molecule has 1 saturated heterocycles. The topological polar surface area (TPSA) is 37.4 Å². The fraction of sp³-hybridized carbons (Fsp3) is 0.800. The van der Waals surface area contributed by atoms with Crippen molar-refractivity contribution >= 4 is 11.3 Å². The van der Waals surface area contributed by atoms with Crippen molar-refractivity contribution in [3.05, 3.63) is 15.6 Å². The average molecular weight is 297 g/mol. The quantitative estimate of drug-likeness (QED) is 0.871. The minimum atomic E-state index is 0.271. The fourth-order valence-corrected chi connectivity index (χ4v) is 3.67. The summed E-state index contributed by atoms with van der Waals surface area (Å²) in [4.78, 5) is 8.47. The number of thiazole rings is 1. The van der Waals surface area contributed by atoms with Gasteiger partial charge in [0.1, 0.15) is 0 Å². The van der Waals surface area contributed by atoms with E-state index in [1.165, 1.54) is 15.6 Å². The highest BCUT2D eigenvalue weighted by Gasteiger charge is 2.28. The first-order valence-electron chi connectivity index (χ1n) is 7.64. The molecule has 2 unspecified atom stereocenters. The number of aromatic nitrogens is 1. The highest BCUT2D eigenvalue weighted by Crippen LogP contribution is 2.20. The SMILES string of the molecule is CCNC(Cc1nc(C)c(C)s1)C1CN(CC)CCO1. The van der Waals surface area contributed by atoms with Crippen LogP contribution < -0.4 is 5.32 Å². The van der Waals surface area contributed by atoms with Crippen LogP contribution in [0.3, 0.4) is 0 Å². The molecule has 1 aromatic heterocycles. The first-order valence-corrected chi connectivity index (χ1v) is 8.45. The predicted molar refractivity (Wildman–Crippen MR) is 84.6 cm³/mol. The molecule has 1 aromatic rings. The van der Waals surface area contributed by atoms with Crippen LogP contribution in [-0.2, 0) is 11.2 Å². The van der Waals surface area contributed by atoms with Crippen molar-refractivity contribution in [2.75, 3.05) is 32.8 Å². The third kappa shape index (κ3) is 4.01. The zero-order valence-corrected chi connectivity index (χ0v) is 13.9. The van der Waals surface area contributed by atoms with E-state index in [4.69, 9.17) is 4.74 Å². The van der Waals surface area contributed by atoms with E-state index < -0.39 is 0 Å². The van der Waals surface area contributed by atoms with E-state index in [-0.39, 0.29) is 6.10 Å². The van der Waals surface area contributed by atoms with E-state index in [1.54, 1.807) is 0 Å². The van der Waals surface area contributed by atoms with Crippen LogP contribution in [0.1, 0.15) is 29.4 Å². The summed E-state index contributed by atoms with van der Waals surface area (Å²) in [5.74, 6) is 0. The Bertz CT molecular complexity index is 402. The molecule has 0 amide bonds. The molecule has 0 spiro atoms. The molecular weight excluding hydrogens is 270 g/mol. The molecule has 2 heterocycles. The normalized spacial score (nSPS) is 22.1. The van der Waals surface area contributed by atoms with Gasteiger partial charge >= 0.3 is 0 Å². The van der Waals surface area contributed by atoms with Gasteiger partial charge in [-0.15, -0.1) is 11.3 Å². The molecule has 20 heavy (non-hydrogen) atoms. The highest BCUT2D eigenvalue weighted by atomic mass is 32.1. The van der Waals surface area contributed by atoms with E-state index in [0.29, 0.717) is 6.04 Å². The van der Waals surface area contributed by atoms with E-state index >= 15 is 0 Å². The minimum absolute atomic E-state index is 0.271. The van der Waals surface area contributed by atoms with Crippen LogP contribution in [0, 0.1) is 13.8 Å². The van der Waals surface area contributed by atoms with Crippen molar-refractivity contribution in [1.82, 2.24) is 15.2 Å². The first kappa shape index (κ1) is 15.9. The molecule has 0 bridgehead atoms. The van der Waals surface area contributed by atoms with Gasteiger partial charge in [0.05, 0.1) is 23.4 Å². The Morgan fingerprint density at radius 3 is 2.85 bits per heavy atom. The summed E-state index contributed by atoms with van der Waals surface area (Å²) >= 11 is 1.82. The van der Waals surface area contributed by atoms with Crippen molar-refractivity contribution in [2.45, 2.75) is 46.3 Å². The van der Waals surface area contributed by atoms with Crippen molar-refractivity contribution in [3.8, 4) is 0 Å². The summed E-state index contributed by atoms with van der Waals surface area (Å²) < 4.78 is 6.01. The maximum atomic E-state index is 6.01. The third-order valence-corrected chi connectivity index (χ3v) is 5.10. The Morgan fingerprint density at radius 2 is 2.25 bits per heavy atom. The molecule has 1 aliphatic rings. The zero-order chi connectivity index (χ0) is 14.5. The molecule has 0 aliphatic carbocycles. The average Bonchev–Trinajstić information content (AvgIpc) is 2.77. The second-order valence-corrected chi connectivity index (χ2v) is 6.71. The minimum Gasteiger partial charge on any atom is -0.374 e. The monoisotopic (exact) mass is 297 g/mol. The molecule has 2 atom stereocenters. The van der Waals surface area contributed by atoms with Crippen LogP contribution >= 0.6 is 11.3 Å². The molecule has 114 valence electrons. The standard InChI is InChI=1S/C15H27N3OS/c1-5-16-13(9-15-17-11(3)12(4)20-15)14-10-18(6-2)7-8-19-14/h13-14,16H,5-10H2,1-4H3. The molecule has 5 heteroatoms. The van der Waals surface area contributed by atoms with E-state index in [0.717, 1.165) is 39.2 Å². The second kappa shape index (κ2) is 7.50. The van der Waals surface area contributed by atoms with Gasteiger partial charge in [-0.2, -0.15) is 0 Å². The molecule has 0 saturated carbocycles. The Labute approximate surface area is 126 Å². The predicted octanol–water partition coefficient (Wildman–Crippen LogP) is 2.00. The number of aryl methyl sites for hydroxylation is 2. The van der Waals surface area contributed by atoms with Gasteiger partial charge in [-0.1, -0.05) is 13.8 Å². The van der Waals surface area contributed by atoms with Gasteiger partial charge in [0.15, 0.2) is 0 Å². The summed E-state index contributed by atoms with van der Waals surface area (Å²) in [6, 6.07) is 0.360. The summed E-state index contributed by atoms with van der Waals surface area (Å²) in [5, 5.41) is 4.81. The van der Waals surface area contributed by atoms with Gasteiger partial charge in [-0.25, -0.2) is 4.98 Å². The van der Waals surface area contributed by atoms with Crippen LogP contribution in [0.15, 0.2) is 0 Å².